The molecule has 0 amide bonds. The van der Waals surface area contributed by atoms with Gasteiger partial charge in [0.05, 0.1) is 60.3 Å². The fourth-order valence-electron chi connectivity index (χ4n) is 0.883. The highest BCUT2D eigenvalue weighted by molar-refractivity contribution is 4.33. The summed E-state index contributed by atoms with van der Waals surface area (Å²) < 4.78 is 15.6. The first kappa shape index (κ1) is 18.5. The third-order valence-corrected chi connectivity index (χ3v) is 1.73. The van der Waals surface area contributed by atoms with Crippen LogP contribution in [0.1, 0.15) is 0 Å². The zero-order valence-corrected chi connectivity index (χ0v) is 11.0. The van der Waals surface area contributed by atoms with Crippen molar-refractivity contribution < 1.29 is 36.6 Å². The Balaban J connectivity index is 0. The van der Waals surface area contributed by atoms with Crippen molar-refractivity contribution in [3.05, 3.63) is 0 Å². The zero-order valence-electron chi connectivity index (χ0n) is 10.2. The summed E-state index contributed by atoms with van der Waals surface area (Å²) in [5.74, 6) is 0. The molecular weight excluding hydrogens is 234 g/mol. The molecule has 2 N–H and O–H groups in total. The average molecular weight is 258 g/mol. The van der Waals surface area contributed by atoms with E-state index >= 15 is 0 Å². The summed E-state index contributed by atoms with van der Waals surface area (Å²) in [7, 11) is 4.19. The fraction of sp³-hybridized carbons (Fsp3) is 1.00. The van der Waals surface area contributed by atoms with Crippen LogP contribution in [-0.4, -0.2) is 72.0 Å². The van der Waals surface area contributed by atoms with Crippen molar-refractivity contribution in [3.8, 4) is 0 Å². The van der Waals surface area contributed by atoms with Gasteiger partial charge in [0.1, 0.15) is 6.54 Å². The standard InChI is InChI=1S/C10H23NO4.ClH/c1-11(2)3-5-13-7-9-15-10-8-14-6-4-12;/h12H,3-10H2,1-2H3;1H. The summed E-state index contributed by atoms with van der Waals surface area (Å²) in [6, 6.07) is 0. The summed E-state index contributed by atoms with van der Waals surface area (Å²) in [5, 5.41) is 8.42. The lowest BCUT2D eigenvalue weighted by molar-refractivity contribution is -0.858. The summed E-state index contributed by atoms with van der Waals surface area (Å²) in [6.07, 6.45) is 0. The predicted octanol–water partition coefficient (Wildman–Crippen LogP) is -4.82. The van der Waals surface area contributed by atoms with Crippen LogP contribution in [-0.2, 0) is 14.2 Å². The maximum atomic E-state index is 8.42. The van der Waals surface area contributed by atoms with Gasteiger partial charge in [0, 0.05) is 0 Å². The predicted molar refractivity (Wildman–Crippen MR) is 57.2 cm³/mol. The highest BCUT2D eigenvalue weighted by Gasteiger charge is 1.94. The van der Waals surface area contributed by atoms with E-state index in [0.29, 0.717) is 33.0 Å². The van der Waals surface area contributed by atoms with Crippen molar-refractivity contribution in [3.63, 3.8) is 0 Å². The summed E-state index contributed by atoms with van der Waals surface area (Å²) in [5.41, 5.74) is 0. The summed E-state index contributed by atoms with van der Waals surface area (Å²) in [6.45, 7) is 4.55. The largest absolute Gasteiger partial charge is 1.00 e. The van der Waals surface area contributed by atoms with E-state index in [2.05, 4.69) is 14.1 Å². The first-order chi connectivity index (χ1) is 7.27. The molecule has 16 heavy (non-hydrogen) atoms. The third-order valence-electron chi connectivity index (χ3n) is 1.73. The molecule has 0 aromatic carbocycles. The van der Waals surface area contributed by atoms with Crippen molar-refractivity contribution in [2.75, 3.05) is 66.9 Å². The Morgan fingerprint density at radius 2 is 1.25 bits per heavy atom. The van der Waals surface area contributed by atoms with E-state index in [-0.39, 0.29) is 19.0 Å². The van der Waals surface area contributed by atoms with Crippen LogP contribution in [0.3, 0.4) is 0 Å². The first-order valence-corrected chi connectivity index (χ1v) is 5.40. The van der Waals surface area contributed by atoms with E-state index in [9.17, 15) is 0 Å². The lowest BCUT2D eigenvalue weighted by Gasteiger charge is -2.08. The van der Waals surface area contributed by atoms with Crippen LogP contribution in [0.5, 0.6) is 0 Å². The number of hydrogen-bond acceptors (Lipinski definition) is 4. The van der Waals surface area contributed by atoms with E-state index in [4.69, 9.17) is 19.3 Å². The second kappa shape index (κ2) is 15.1. The molecule has 0 atom stereocenters. The Morgan fingerprint density at radius 3 is 1.69 bits per heavy atom. The van der Waals surface area contributed by atoms with Gasteiger partial charge in [-0.15, -0.1) is 0 Å². The van der Waals surface area contributed by atoms with Gasteiger partial charge in [-0.2, -0.15) is 0 Å². The zero-order chi connectivity index (χ0) is 11.4. The van der Waals surface area contributed by atoms with Crippen LogP contribution in [0, 0.1) is 0 Å². The Hall–Kier alpha value is 0.0900. The number of likely N-dealkylation sites (N-methyl/N-ethyl adjacent to an activating group) is 1. The van der Waals surface area contributed by atoms with E-state index < -0.39 is 0 Å². The van der Waals surface area contributed by atoms with Gasteiger partial charge in [0.2, 0.25) is 0 Å². The molecule has 0 aromatic heterocycles. The van der Waals surface area contributed by atoms with Gasteiger partial charge in [0.25, 0.3) is 0 Å². The van der Waals surface area contributed by atoms with Gasteiger partial charge in [0.15, 0.2) is 0 Å². The number of nitrogens with one attached hydrogen (secondary N) is 1. The molecule has 0 heterocycles. The van der Waals surface area contributed by atoms with Gasteiger partial charge in [-0.3, -0.25) is 0 Å². The molecule has 0 aromatic rings. The van der Waals surface area contributed by atoms with E-state index in [1.807, 2.05) is 0 Å². The molecule has 0 bridgehead atoms. The molecule has 5 nitrogen and oxygen atoms in total. The number of aliphatic hydroxyl groups excluding tert-OH is 1. The maximum absolute atomic E-state index is 8.42. The highest BCUT2D eigenvalue weighted by Crippen LogP contribution is 1.80. The normalized spacial score (nSPS) is 10.5. The average Bonchev–Trinajstić information content (AvgIpc) is 2.20. The molecule has 0 aliphatic carbocycles. The summed E-state index contributed by atoms with van der Waals surface area (Å²) in [4.78, 5) is 1.38. The minimum atomic E-state index is 0. The molecular formula is C10H24ClNO4. The van der Waals surface area contributed by atoms with Crippen LogP contribution >= 0.6 is 0 Å². The van der Waals surface area contributed by atoms with Crippen LogP contribution < -0.4 is 17.3 Å². The fourth-order valence-corrected chi connectivity index (χ4v) is 0.883. The quantitative estimate of drug-likeness (QED) is 0.365. The topological polar surface area (TPSA) is 52.4 Å². The number of aliphatic hydroxyl groups is 1. The van der Waals surface area contributed by atoms with E-state index in [1.165, 1.54) is 4.90 Å². The Morgan fingerprint density at radius 1 is 0.812 bits per heavy atom. The van der Waals surface area contributed by atoms with Gasteiger partial charge in [-0.1, -0.05) is 0 Å². The van der Waals surface area contributed by atoms with Crippen molar-refractivity contribution >= 4 is 0 Å². The summed E-state index contributed by atoms with van der Waals surface area (Å²) >= 11 is 0. The number of hydrogen-bond donors (Lipinski definition) is 2. The number of quaternary nitrogens is 1. The van der Waals surface area contributed by atoms with Gasteiger partial charge in [-0.25, -0.2) is 0 Å². The minimum absolute atomic E-state index is 0. The molecule has 0 radical (unpaired) electrons. The molecule has 100 valence electrons. The Kier molecular flexibility index (Phi) is 17.4. The van der Waals surface area contributed by atoms with E-state index in [0.717, 1.165) is 13.2 Å². The first-order valence-electron chi connectivity index (χ1n) is 5.40. The van der Waals surface area contributed by atoms with Gasteiger partial charge in [-0.05, 0) is 0 Å². The Labute approximate surface area is 104 Å². The molecule has 0 rings (SSSR count). The van der Waals surface area contributed by atoms with E-state index in [1.54, 1.807) is 0 Å². The molecule has 6 heteroatoms. The van der Waals surface area contributed by atoms with Crippen LogP contribution in [0.15, 0.2) is 0 Å². The van der Waals surface area contributed by atoms with Gasteiger partial charge < -0.3 is 36.6 Å². The second-order valence-corrected chi connectivity index (χ2v) is 3.52. The second-order valence-electron chi connectivity index (χ2n) is 3.52. The molecule has 0 fully saturated rings. The maximum Gasteiger partial charge on any atom is 0.100 e. The molecule has 0 spiro atoms. The number of ether oxygens (including phenoxy) is 3. The van der Waals surface area contributed by atoms with Crippen LogP contribution in [0.4, 0.5) is 0 Å². The SMILES string of the molecule is C[NH+](C)CCOCCOCCOCCO.[Cl-]. The monoisotopic (exact) mass is 257 g/mol. The highest BCUT2D eigenvalue weighted by atomic mass is 35.5. The van der Waals surface area contributed by atoms with Crippen LogP contribution in [0.2, 0.25) is 0 Å². The number of halogens is 1. The van der Waals surface area contributed by atoms with Gasteiger partial charge >= 0.3 is 0 Å². The Bertz CT molecular complexity index is 127. The molecule has 0 unspecified atom stereocenters. The van der Waals surface area contributed by atoms with Crippen molar-refractivity contribution in [2.45, 2.75) is 0 Å². The molecule has 0 aliphatic rings. The third kappa shape index (κ3) is 16.5. The molecule has 0 saturated carbocycles. The lowest BCUT2D eigenvalue weighted by Crippen LogP contribution is -3.06. The minimum Gasteiger partial charge on any atom is -1.00 e. The molecule has 0 saturated heterocycles. The lowest BCUT2D eigenvalue weighted by atomic mass is 10.6. The van der Waals surface area contributed by atoms with Crippen molar-refractivity contribution in [1.82, 2.24) is 0 Å². The number of rotatable bonds is 11. The van der Waals surface area contributed by atoms with Crippen molar-refractivity contribution in [2.24, 2.45) is 0 Å². The molecule has 0 aliphatic heterocycles. The van der Waals surface area contributed by atoms with Crippen molar-refractivity contribution in [1.29, 1.82) is 0 Å². The smallest absolute Gasteiger partial charge is 0.100 e. The van der Waals surface area contributed by atoms with Crippen LogP contribution in [0.25, 0.3) is 0 Å².